The van der Waals surface area contributed by atoms with Crippen LogP contribution in [-0.2, 0) is 41.7 Å². The molecule has 1 aromatic rings. The monoisotopic (exact) mass is 644 g/mol. The fraction of sp³-hybridized carbons (Fsp3) is 0.606. The van der Waals surface area contributed by atoms with E-state index in [1.54, 1.807) is 32.9 Å². The lowest BCUT2D eigenvalue weighted by atomic mass is 10.0. The lowest BCUT2D eigenvalue weighted by Crippen LogP contribution is -2.53. The number of nitrogens with two attached hydrogens (primary N) is 1. The van der Waals surface area contributed by atoms with Gasteiger partial charge in [0.2, 0.25) is 11.8 Å². The van der Waals surface area contributed by atoms with E-state index in [2.05, 4.69) is 11.4 Å². The molecular formula is C33H45FN4O8. The number of hydrogen-bond acceptors (Lipinski definition) is 8. The summed E-state index contributed by atoms with van der Waals surface area (Å²) in [5.41, 5.74) is 5.99. The van der Waals surface area contributed by atoms with E-state index in [9.17, 15) is 28.4 Å². The second-order valence-electron chi connectivity index (χ2n) is 13.2. The molecule has 2 heterocycles. The van der Waals surface area contributed by atoms with Crippen molar-refractivity contribution in [1.29, 1.82) is 0 Å². The van der Waals surface area contributed by atoms with E-state index in [1.165, 1.54) is 23.0 Å². The van der Waals surface area contributed by atoms with Crippen molar-refractivity contribution in [3.63, 3.8) is 0 Å². The van der Waals surface area contributed by atoms with Gasteiger partial charge < -0.3 is 30.2 Å². The molecule has 1 aromatic carbocycles. The average Bonchev–Trinajstić information content (AvgIpc) is 3.40. The van der Waals surface area contributed by atoms with Crippen LogP contribution in [0.1, 0.15) is 76.8 Å². The van der Waals surface area contributed by atoms with Crippen molar-refractivity contribution in [2.24, 2.45) is 17.6 Å². The van der Waals surface area contributed by atoms with E-state index in [4.69, 9.17) is 19.9 Å². The largest absolute Gasteiger partial charge is 0.469 e. The molecule has 5 atom stereocenters. The number of ether oxygens (including phenoxy) is 3. The number of unbranched alkanes of at least 4 members (excludes halogenated alkanes) is 3. The van der Waals surface area contributed by atoms with Gasteiger partial charge in [0.25, 0.3) is 0 Å². The van der Waals surface area contributed by atoms with Gasteiger partial charge >= 0.3 is 18.2 Å². The Morgan fingerprint density at radius 1 is 1.11 bits per heavy atom. The summed E-state index contributed by atoms with van der Waals surface area (Å²) in [6.07, 6.45) is 5.95. The standard InChI is InChI=1S/C33H45FN4O8/c1-33(2,3)46-31(42)36-26(14-9-7-5-6-8-11-20-15-23(20)30(41)44-4)29(40)38-18-22(16-27(38)28(35)39)45-32(43)37-17-21-12-10-13-25(34)24(21)19-37/h8,10-13,20,22-23,26-27H,5-7,9,14-19H2,1-4H3,(H2,35,39)(H,36,42)/b11-8-/t20-,22-,23+,26+,27+/m1/s1. The van der Waals surface area contributed by atoms with Crippen molar-refractivity contribution in [2.45, 2.75) is 103 Å². The molecule has 0 unspecified atom stereocenters. The third-order valence-electron chi connectivity index (χ3n) is 8.41. The average molecular weight is 645 g/mol. The highest BCUT2D eigenvalue weighted by Crippen LogP contribution is 2.40. The highest BCUT2D eigenvalue weighted by molar-refractivity contribution is 5.91. The number of halogens is 1. The molecule has 2 aliphatic heterocycles. The van der Waals surface area contributed by atoms with Crippen molar-refractivity contribution in [1.82, 2.24) is 15.1 Å². The Morgan fingerprint density at radius 3 is 2.54 bits per heavy atom. The Balaban J connectivity index is 1.33. The van der Waals surface area contributed by atoms with Gasteiger partial charge in [-0.1, -0.05) is 37.1 Å². The summed E-state index contributed by atoms with van der Waals surface area (Å²) in [5, 5.41) is 2.66. The number of carbonyl (C=O) groups is 5. The number of methoxy groups -OCH3 is 1. The SMILES string of the molecule is COC(=O)[C@H]1C[C@H]1/C=C\CCCCC[C@H](NC(=O)OC(C)(C)C)C(=O)N1C[C@H](OC(=O)N2Cc3cccc(F)c3C2)C[C@H]1C(N)=O. The molecular weight excluding hydrogens is 599 g/mol. The first-order valence-electron chi connectivity index (χ1n) is 15.8. The van der Waals surface area contributed by atoms with Crippen LogP contribution in [0.4, 0.5) is 14.0 Å². The van der Waals surface area contributed by atoms with E-state index in [1.807, 2.05) is 6.08 Å². The van der Waals surface area contributed by atoms with Crippen molar-refractivity contribution in [3.8, 4) is 0 Å². The minimum absolute atomic E-state index is 0.00524. The number of allylic oxidation sites excluding steroid dienone is 2. The summed E-state index contributed by atoms with van der Waals surface area (Å²) in [6.45, 7) is 5.29. The topological polar surface area (TPSA) is 158 Å². The Labute approximate surface area is 268 Å². The van der Waals surface area contributed by atoms with Crippen LogP contribution in [0.15, 0.2) is 30.4 Å². The van der Waals surface area contributed by atoms with Crippen molar-refractivity contribution < 1.29 is 42.6 Å². The van der Waals surface area contributed by atoms with Crippen LogP contribution in [0, 0.1) is 17.7 Å². The Kier molecular flexibility index (Phi) is 11.3. The molecule has 13 heteroatoms. The Hall–Kier alpha value is -4.16. The van der Waals surface area contributed by atoms with Crippen LogP contribution in [0.25, 0.3) is 0 Å². The van der Waals surface area contributed by atoms with Gasteiger partial charge in [-0.05, 0) is 64.0 Å². The number of alkyl carbamates (subject to hydrolysis) is 1. The lowest BCUT2D eigenvalue weighted by molar-refractivity contribution is -0.142. The van der Waals surface area contributed by atoms with Crippen LogP contribution >= 0.6 is 0 Å². The minimum Gasteiger partial charge on any atom is -0.469 e. The maximum absolute atomic E-state index is 14.2. The van der Waals surface area contributed by atoms with E-state index >= 15 is 0 Å². The number of rotatable bonds is 12. The van der Waals surface area contributed by atoms with Crippen LogP contribution in [-0.4, -0.2) is 77.2 Å². The van der Waals surface area contributed by atoms with Gasteiger partial charge in [0.05, 0.1) is 26.1 Å². The zero-order chi connectivity index (χ0) is 33.6. The molecule has 0 aromatic heterocycles. The normalized spacial score (nSPS) is 22.7. The first-order chi connectivity index (χ1) is 21.8. The highest BCUT2D eigenvalue weighted by atomic mass is 19.1. The van der Waals surface area contributed by atoms with Crippen LogP contribution in [0.5, 0.6) is 0 Å². The fourth-order valence-electron chi connectivity index (χ4n) is 5.94. The molecule has 4 rings (SSSR count). The molecule has 0 radical (unpaired) electrons. The molecule has 0 spiro atoms. The first kappa shape index (κ1) is 34.7. The molecule has 3 aliphatic rings. The van der Waals surface area contributed by atoms with Gasteiger partial charge in [-0.3, -0.25) is 19.3 Å². The predicted molar refractivity (Wildman–Crippen MR) is 164 cm³/mol. The number of fused-ring (bicyclic) bond motifs is 1. The second kappa shape index (κ2) is 15.0. The molecule has 1 saturated carbocycles. The van der Waals surface area contributed by atoms with Crippen LogP contribution in [0.2, 0.25) is 0 Å². The van der Waals surface area contributed by atoms with E-state index < -0.39 is 53.6 Å². The quantitative estimate of drug-likeness (QED) is 0.150. The molecule has 4 amide bonds. The predicted octanol–water partition coefficient (Wildman–Crippen LogP) is 3.94. The number of nitrogens with zero attached hydrogens (tertiary/aromatic N) is 2. The third-order valence-corrected chi connectivity index (χ3v) is 8.41. The number of likely N-dealkylation sites (tertiary alicyclic amines) is 1. The summed E-state index contributed by atoms with van der Waals surface area (Å²) in [4.78, 5) is 66.0. The number of benzene rings is 1. The van der Waals surface area contributed by atoms with E-state index in [0.29, 0.717) is 24.0 Å². The summed E-state index contributed by atoms with van der Waals surface area (Å²) < 4.78 is 30.0. The van der Waals surface area contributed by atoms with Crippen molar-refractivity contribution >= 4 is 30.0 Å². The molecule has 1 aliphatic carbocycles. The zero-order valence-electron chi connectivity index (χ0n) is 27.0. The highest BCUT2D eigenvalue weighted by Gasteiger charge is 2.44. The number of nitrogens with one attached hydrogen (secondary N) is 1. The van der Waals surface area contributed by atoms with Gasteiger partial charge in [0.1, 0.15) is 29.6 Å². The smallest absolute Gasteiger partial charge is 0.410 e. The van der Waals surface area contributed by atoms with Gasteiger partial charge in [0.15, 0.2) is 0 Å². The summed E-state index contributed by atoms with van der Waals surface area (Å²) >= 11 is 0. The van der Waals surface area contributed by atoms with Crippen LogP contribution < -0.4 is 11.1 Å². The number of hydrogen-bond donors (Lipinski definition) is 2. The molecule has 1 saturated heterocycles. The van der Waals surface area contributed by atoms with Gasteiger partial charge in [-0.2, -0.15) is 0 Å². The third kappa shape index (κ3) is 9.20. The molecule has 12 nitrogen and oxygen atoms in total. The van der Waals surface area contributed by atoms with Gasteiger partial charge in [0, 0.05) is 18.5 Å². The minimum atomic E-state index is -1.04. The number of carbonyl (C=O) groups excluding carboxylic acids is 5. The number of primary amides is 1. The maximum atomic E-state index is 14.2. The van der Waals surface area contributed by atoms with Crippen molar-refractivity contribution in [2.75, 3.05) is 13.7 Å². The Bertz CT molecular complexity index is 1350. The molecule has 252 valence electrons. The molecule has 0 bridgehead atoms. The summed E-state index contributed by atoms with van der Waals surface area (Å²) in [7, 11) is 1.39. The molecule has 2 fully saturated rings. The summed E-state index contributed by atoms with van der Waals surface area (Å²) in [6, 6.07) is 2.63. The van der Waals surface area contributed by atoms with Gasteiger partial charge in [-0.15, -0.1) is 0 Å². The van der Waals surface area contributed by atoms with E-state index in [-0.39, 0.29) is 43.9 Å². The van der Waals surface area contributed by atoms with Crippen molar-refractivity contribution in [3.05, 3.63) is 47.3 Å². The zero-order valence-corrected chi connectivity index (χ0v) is 27.0. The second-order valence-corrected chi connectivity index (χ2v) is 13.2. The molecule has 3 N–H and O–H groups in total. The van der Waals surface area contributed by atoms with Crippen LogP contribution in [0.3, 0.4) is 0 Å². The Morgan fingerprint density at radius 2 is 1.87 bits per heavy atom. The lowest BCUT2D eigenvalue weighted by Gasteiger charge is -2.28. The number of esters is 1. The van der Waals surface area contributed by atoms with E-state index in [0.717, 1.165) is 25.7 Å². The summed E-state index contributed by atoms with van der Waals surface area (Å²) in [5.74, 6) is -1.68. The fourth-order valence-corrected chi connectivity index (χ4v) is 5.94. The number of amides is 4. The maximum Gasteiger partial charge on any atom is 0.410 e. The van der Waals surface area contributed by atoms with Gasteiger partial charge in [-0.25, -0.2) is 14.0 Å². The molecule has 46 heavy (non-hydrogen) atoms. The first-order valence-corrected chi connectivity index (χ1v) is 15.8.